The van der Waals surface area contributed by atoms with Crippen molar-refractivity contribution >= 4 is 27.3 Å². The van der Waals surface area contributed by atoms with Gasteiger partial charge in [-0.15, -0.1) is 11.3 Å². The molecular weight excluding hydrogens is 296 g/mol. The molecule has 1 atom stereocenters. The van der Waals surface area contributed by atoms with Crippen molar-refractivity contribution < 1.29 is 4.74 Å². The van der Waals surface area contributed by atoms with Crippen molar-refractivity contribution in [1.82, 2.24) is 0 Å². The van der Waals surface area contributed by atoms with E-state index in [4.69, 9.17) is 4.74 Å². The maximum absolute atomic E-state index is 5.15. The quantitative estimate of drug-likeness (QED) is 0.741. The molecule has 3 heteroatoms. The number of hydrogen-bond acceptors (Lipinski definition) is 2. The molecule has 17 heavy (non-hydrogen) atoms. The van der Waals surface area contributed by atoms with E-state index in [0.717, 1.165) is 12.2 Å². The molecule has 0 aliphatic rings. The van der Waals surface area contributed by atoms with Crippen LogP contribution < -0.4 is 4.74 Å². The second kappa shape index (κ2) is 5.69. The predicted octanol–water partition coefficient (Wildman–Crippen LogP) is 4.74. The number of benzene rings is 1. The Bertz CT molecular complexity index is 475. The van der Waals surface area contributed by atoms with E-state index in [-0.39, 0.29) is 0 Å². The number of rotatable bonds is 4. The maximum atomic E-state index is 5.15. The Morgan fingerprint density at radius 2 is 1.88 bits per heavy atom. The number of ether oxygens (including phenoxy) is 1. The van der Waals surface area contributed by atoms with Gasteiger partial charge in [0.1, 0.15) is 5.75 Å². The molecule has 0 saturated heterocycles. The zero-order valence-electron chi connectivity index (χ0n) is 9.94. The molecule has 1 aromatic carbocycles. The van der Waals surface area contributed by atoms with E-state index in [0.29, 0.717) is 4.83 Å². The fourth-order valence-electron chi connectivity index (χ4n) is 1.69. The van der Waals surface area contributed by atoms with E-state index in [1.807, 2.05) is 23.5 Å². The van der Waals surface area contributed by atoms with Crippen molar-refractivity contribution in [1.29, 1.82) is 0 Å². The highest BCUT2D eigenvalue weighted by molar-refractivity contribution is 9.09. The summed E-state index contributed by atoms with van der Waals surface area (Å²) in [6.45, 7) is 2.14. The largest absolute Gasteiger partial charge is 0.497 e. The van der Waals surface area contributed by atoms with Crippen LogP contribution >= 0.6 is 27.3 Å². The number of thiophene rings is 1. The Labute approximate surface area is 115 Å². The van der Waals surface area contributed by atoms with Crippen LogP contribution in [-0.2, 0) is 6.42 Å². The van der Waals surface area contributed by atoms with E-state index < -0.39 is 0 Å². The minimum atomic E-state index is 0.398. The van der Waals surface area contributed by atoms with Crippen LogP contribution in [-0.4, -0.2) is 7.11 Å². The smallest absolute Gasteiger partial charge is 0.118 e. The zero-order chi connectivity index (χ0) is 12.3. The van der Waals surface area contributed by atoms with Crippen molar-refractivity contribution in [3.63, 3.8) is 0 Å². The highest BCUT2D eigenvalue weighted by Crippen LogP contribution is 2.32. The maximum Gasteiger partial charge on any atom is 0.118 e. The lowest BCUT2D eigenvalue weighted by molar-refractivity contribution is 0.414. The molecule has 0 aliphatic carbocycles. The molecule has 0 saturated carbocycles. The van der Waals surface area contributed by atoms with Crippen molar-refractivity contribution in [2.45, 2.75) is 18.2 Å². The second-order valence-corrected chi connectivity index (χ2v) is 6.39. The van der Waals surface area contributed by atoms with Gasteiger partial charge in [0.2, 0.25) is 0 Å². The second-order valence-electron chi connectivity index (χ2n) is 3.97. The van der Waals surface area contributed by atoms with E-state index in [9.17, 15) is 0 Å². The molecule has 90 valence electrons. The van der Waals surface area contributed by atoms with Gasteiger partial charge in [0.15, 0.2) is 0 Å². The number of methoxy groups -OCH3 is 1. The number of aryl methyl sites for hydroxylation is 1. The average Bonchev–Trinajstić information content (AvgIpc) is 2.77. The summed E-state index contributed by atoms with van der Waals surface area (Å²) >= 11 is 5.60. The summed E-state index contributed by atoms with van der Waals surface area (Å²) in [5.41, 5.74) is 1.32. The number of halogens is 1. The molecule has 0 aliphatic heterocycles. The number of hydrogen-bond donors (Lipinski definition) is 0. The van der Waals surface area contributed by atoms with Gasteiger partial charge in [0.25, 0.3) is 0 Å². The summed E-state index contributed by atoms with van der Waals surface area (Å²) in [6.07, 6.45) is 1.00. The lowest BCUT2D eigenvalue weighted by atomic mass is 10.1. The molecule has 0 spiro atoms. The van der Waals surface area contributed by atoms with Gasteiger partial charge in [-0.1, -0.05) is 28.1 Å². The molecule has 0 amide bonds. The molecule has 1 nitrogen and oxygen atoms in total. The Hall–Kier alpha value is -0.800. The standard InChI is InChI=1S/C14H15BrOS/c1-10-3-8-14(17-10)13(15)9-11-4-6-12(16-2)7-5-11/h3-8,13H,9H2,1-2H3. The van der Waals surface area contributed by atoms with Gasteiger partial charge in [-0.25, -0.2) is 0 Å². The van der Waals surface area contributed by atoms with Gasteiger partial charge in [0, 0.05) is 9.75 Å². The van der Waals surface area contributed by atoms with E-state index in [1.165, 1.54) is 15.3 Å². The highest BCUT2D eigenvalue weighted by Gasteiger charge is 2.10. The Morgan fingerprint density at radius 1 is 1.18 bits per heavy atom. The normalized spacial score (nSPS) is 12.4. The monoisotopic (exact) mass is 310 g/mol. The molecule has 1 aromatic heterocycles. The Kier molecular flexibility index (Phi) is 4.24. The van der Waals surface area contributed by atoms with Crippen LogP contribution in [0, 0.1) is 6.92 Å². The van der Waals surface area contributed by atoms with Crippen molar-refractivity contribution in [3.05, 3.63) is 51.7 Å². The SMILES string of the molecule is COc1ccc(CC(Br)c2ccc(C)s2)cc1. The molecule has 2 rings (SSSR count). The van der Waals surface area contributed by atoms with Crippen molar-refractivity contribution in [2.75, 3.05) is 7.11 Å². The average molecular weight is 311 g/mol. The molecule has 2 aromatic rings. The summed E-state index contributed by atoms with van der Waals surface area (Å²) in [5, 5.41) is 0. The third-order valence-corrected chi connectivity index (χ3v) is 4.88. The van der Waals surface area contributed by atoms with Crippen LogP contribution in [0.15, 0.2) is 36.4 Å². The Morgan fingerprint density at radius 3 is 2.41 bits per heavy atom. The van der Waals surface area contributed by atoms with Gasteiger partial charge in [-0.3, -0.25) is 0 Å². The first-order valence-corrected chi connectivity index (χ1v) is 7.25. The van der Waals surface area contributed by atoms with E-state index >= 15 is 0 Å². The first kappa shape index (κ1) is 12.7. The molecule has 1 heterocycles. The van der Waals surface area contributed by atoms with Crippen LogP contribution in [0.25, 0.3) is 0 Å². The van der Waals surface area contributed by atoms with Crippen molar-refractivity contribution in [2.24, 2.45) is 0 Å². The molecule has 0 bridgehead atoms. The third kappa shape index (κ3) is 3.33. The van der Waals surface area contributed by atoms with E-state index in [1.54, 1.807) is 7.11 Å². The lowest BCUT2D eigenvalue weighted by Gasteiger charge is -2.08. The molecule has 0 fully saturated rings. The lowest BCUT2D eigenvalue weighted by Crippen LogP contribution is -1.93. The van der Waals surface area contributed by atoms with Gasteiger partial charge < -0.3 is 4.74 Å². The van der Waals surface area contributed by atoms with Gasteiger partial charge >= 0.3 is 0 Å². The highest BCUT2D eigenvalue weighted by atomic mass is 79.9. The Balaban J connectivity index is 2.04. The van der Waals surface area contributed by atoms with Crippen LogP contribution in [0.5, 0.6) is 5.75 Å². The summed E-state index contributed by atoms with van der Waals surface area (Å²) < 4.78 is 5.15. The minimum absolute atomic E-state index is 0.398. The van der Waals surface area contributed by atoms with E-state index in [2.05, 4.69) is 47.1 Å². The topological polar surface area (TPSA) is 9.23 Å². The van der Waals surface area contributed by atoms with Crippen molar-refractivity contribution in [3.8, 4) is 5.75 Å². The number of alkyl halides is 1. The van der Waals surface area contributed by atoms with Gasteiger partial charge in [-0.2, -0.15) is 0 Å². The molecular formula is C14H15BrOS. The van der Waals surface area contributed by atoms with Gasteiger partial charge in [-0.05, 0) is 43.2 Å². The van der Waals surface area contributed by atoms with Crippen LogP contribution in [0.3, 0.4) is 0 Å². The summed E-state index contributed by atoms with van der Waals surface area (Å²) in [7, 11) is 1.69. The molecule has 0 radical (unpaired) electrons. The summed E-state index contributed by atoms with van der Waals surface area (Å²) in [6, 6.07) is 12.6. The summed E-state index contributed by atoms with van der Waals surface area (Å²) in [5.74, 6) is 0.909. The molecule has 1 unspecified atom stereocenters. The fraction of sp³-hybridized carbons (Fsp3) is 0.286. The third-order valence-electron chi connectivity index (χ3n) is 2.64. The molecule has 0 N–H and O–H groups in total. The van der Waals surface area contributed by atoms with Crippen LogP contribution in [0.2, 0.25) is 0 Å². The first-order chi connectivity index (χ1) is 8.19. The van der Waals surface area contributed by atoms with Gasteiger partial charge in [0.05, 0.1) is 11.9 Å². The fourth-order valence-corrected chi connectivity index (χ4v) is 3.35. The zero-order valence-corrected chi connectivity index (χ0v) is 12.3. The van der Waals surface area contributed by atoms with Crippen LogP contribution in [0.4, 0.5) is 0 Å². The van der Waals surface area contributed by atoms with Crippen LogP contribution in [0.1, 0.15) is 20.1 Å². The minimum Gasteiger partial charge on any atom is -0.497 e. The summed E-state index contributed by atoms with van der Waals surface area (Å²) in [4.78, 5) is 3.15. The predicted molar refractivity (Wildman–Crippen MR) is 77.4 cm³/mol. The first-order valence-electron chi connectivity index (χ1n) is 5.52.